The monoisotopic (exact) mass is 352 g/mol. The first-order chi connectivity index (χ1) is 11.4. The summed E-state index contributed by atoms with van der Waals surface area (Å²) in [7, 11) is 0. The van der Waals surface area contributed by atoms with Crippen LogP contribution >= 0.6 is 11.3 Å². The maximum absolute atomic E-state index is 12.5. The molecule has 3 aromatic rings. The predicted octanol–water partition coefficient (Wildman–Crippen LogP) is 3.66. The maximum atomic E-state index is 12.5. The number of alkyl halides is 3. The van der Waals surface area contributed by atoms with Crippen molar-refractivity contribution in [1.82, 2.24) is 14.8 Å². The zero-order chi connectivity index (χ0) is 17.2. The van der Waals surface area contributed by atoms with E-state index in [0.29, 0.717) is 12.2 Å². The molecule has 0 atom stereocenters. The Hall–Kier alpha value is -2.68. The van der Waals surface area contributed by atoms with Crippen LogP contribution in [-0.2, 0) is 12.7 Å². The fraction of sp³-hybridized carbons (Fsp3) is 0.133. The second-order valence-electron chi connectivity index (χ2n) is 4.87. The van der Waals surface area contributed by atoms with Crippen molar-refractivity contribution in [2.45, 2.75) is 12.7 Å². The van der Waals surface area contributed by atoms with Crippen LogP contribution in [0.15, 0.2) is 48.7 Å². The highest BCUT2D eigenvalue weighted by atomic mass is 32.1. The maximum Gasteiger partial charge on any atom is 0.445 e. The van der Waals surface area contributed by atoms with Crippen LogP contribution in [0.2, 0.25) is 0 Å². The molecule has 5 nitrogen and oxygen atoms in total. The Morgan fingerprint density at radius 3 is 2.54 bits per heavy atom. The number of anilines is 1. The lowest BCUT2D eigenvalue weighted by molar-refractivity contribution is -0.138. The van der Waals surface area contributed by atoms with Gasteiger partial charge in [0.15, 0.2) is 0 Å². The van der Waals surface area contributed by atoms with Crippen LogP contribution in [0, 0.1) is 0 Å². The van der Waals surface area contributed by atoms with Crippen molar-refractivity contribution >= 4 is 22.4 Å². The molecule has 1 amide bonds. The predicted molar refractivity (Wildman–Crippen MR) is 82.8 cm³/mol. The van der Waals surface area contributed by atoms with E-state index in [1.807, 2.05) is 30.3 Å². The normalized spacial score (nSPS) is 11.5. The lowest BCUT2D eigenvalue weighted by Gasteiger charge is -2.08. The van der Waals surface area contributed by atoms with Crippen molar-refractivity contribution < 1.29 is 18.0 Å². The van der Waals surface area contributed by atoms with Gasteiger partial charge < -0.3 is 4.57 Å². The van der Waals surface area contributed by atoms with Crippen molar-refractivity contribution in [2.75, 3.05) is 5.32 Å². The number of aromatic nitrogens is 3. The third kappa shape index (κ3) is 3.62. The number of hydrogen-bond donors (Lipinski definition) is 1. The highest BCUT2D eigenvalue weighted by molar-refractivity contribution is 7.15. The molecule has 0 aliphatic carbocycles. The van der Waals surface area contributed by atoms with Gasteiger partial charge in [0.05, 0.1) is 0 Å². The summed E-state index contributed by atoms with van der Waals surface area (Å²) in [4.78, 5) is 12.3. The smallest absolute Gasteiger partial charge is 0.339 e. The van der Waals surface area contributed by atoms with Crippen molar-refractivity contribution in [3.63, 3.8) is 0 Å². The molecule has 24 heavy (non-hydrogen) atoms. The molecular weight excluding hydrogens is 341 g/mol. The molecule has 0 fully saturated rings. The molecule has 1 aromatic carbocycles. The second-order valence-corrected chi connectivity index (χ2v) is 5.85. The van der Waals surface area contributed by atoms with Gasteiger partial charge >= 0.3 is 6.18 Å². The fourth-order valence-electron chi connectivity index (χ4n) is 2.09. The van der Waals surface area contributed by atoms with E-state index in [-0.39, 0.29) is 16.5 Å². The third-order valence-electron chi connectivity index (χ3n) is 3.15. The molecule has 0 aliphatic heterocycles. The van der Waals surface area contributed by atoms with Crippen LogP contribution in [0.3, 0.4) is 0 Å². The number of amides is 1. The minimum absolute atomic E-state index is 0.195. The number of carbonyl (C=O) groups excluding carboxylic acids is 1. The van der Waals surface area contributed by atoms with E-state index in [1.54, 1.807) is 22.9 Å². The van der Waals surface area contributed by atoms with E-state index in [0.717, 1.165) is 5.56 Å². The fourth-order valence-corrected chi connectivity index (χ4v) is 2.69. The van der Waals surface area contributed by atoms with Crippen LogP contribution in [0.5, 0.6) is 0 Å². The van der Waals surface area contributed by atoms with Crippen LogP contribution in [-0.4, -0.2) is 20.7 Å². The number of benzene rings is 1. The van der Waals surface area contributed by atoms with Crippen LogP contribution in [0.25, 0.3) is 0 Å². The first-order valence-corrected chi connectivity index (χ1v) is 7.66. The Kier molecular flexibility index (Phi) is 4.34. The van der Waals surface area contributed by atoms with Crippen LogP contribution < -0.4 is 5.32 Å². The zero-order valence-corrected chi connectivity index (χ0v) is 12.9. The molecule has 2 aromatic heterocycles. The van der Waals surface area contributed by atoms with E-state index in [2.05, 4.69) is 15.5 Å². The molecule has 0 unspecified atom stereocenters. The minimum Gasteiger partial charge on any atom is -0.339 e. The molecule has 0 saturated carbocycles. The molecule has 3 rings (SSSR count). The third-order valence-corrected chi connectivity index (χ3v) is 4.03. The van der Waals surface area contributed by atoms with E-state index >= 15 is 0 Å². The Balaban J connectivity index is 1.74. The average molecular weight is 352 g/mol. The quantitative estimate of drug-likeness (QED) is 0.780. The highest BCUT2D eigenvalue weighted by Crippen LogP contribution is 2.33. The Morgan fingerprint density at radius 1 is 1.12 bits per heavy atom. The Morgan fingerprint density at radius 2 is 1.88 bits per heavy atom. The summed E-state index contributed by atoms with van der Waals surface area (Å²) < 4.78 is 39.2. The van der Waals surface area contributed by atoms with Crippen molar-refractivity contribution in [3.05, 3.63) is 64.9 Å². The van der Waals surface area contributed by atoms with Crippen molar-refractivity contribution in [2.24, 2.45) is 0 Å². The van der Waals surface area contributed by atoms with Gasteiger partial charge in [-0.2, -0.15) is 13.2 Å². The lowest BCUT2D eigenvalue weighted by Crippen LogP contribution is -2.17. The van der Waals surface area contributed by atoms with E-state index < -0.39 is 17.1 Å². The average Bonchev–Trinajstić information content (AvgIpc) is 3.17. The zero-order valence-electron chi connectivity index (χ0n) is 12.1. The van der Waals surface area contributed by atoms with Gasteiger partial charge in [-0.05, 0) is 17.7 Å². The van der Waals surface area contributed by atoms with Crippen LogP contribution in [0.4, 0.5) is 18.3 Å². The Labute approximate surface area is 138 Å². The van der Waals surface area contributed by atoms with Gasteiger partial charge in [-0.3, -0.25) is 10.1 Å². The molecule has 0 spiro atoms. The van der Waals surface area contributed by atoms with Crippen molar-refractivity contribution in [1.29, 1.82) is 0 Å². The SMILES string of the molecule is O=C(Nc1nnc(C(F)(F)F)s1)c1cccn1Cc1ccccc1. The summed E-state index contributed by atoms with van der Waals surface area (Å²) in [6.07, 6.45) is -2.85. The number of nitrogens with one attached hydrogen (secondary N) is 1. The molecule has 0 bridgehead atoms. The molecule has 2 heterocycles. The number of hydrogen-bond acceptors (Lipinski definition) is 4. The lowest BCUT2D eigenvalue weighted by atomic mass is 10.2. The van der Waals surface area contributed by atoms with Crippen LogP contribution in [0.1, 0.15) is 21.1 Å². The van der Waals surface area contributed by atoms with Gasteiger partial charge in [-0.25, -0.2) is 0 Å². The summed E-state index contributed by atoms with van der Waals surface area (Å²) in [6, 6.07) is 12.8. The molecule has 9 heteroatoms. The number of carbonyl (C=O) groups is 1. The largest absolute Gasteiger partial charge is 0.445 e. The minimum atomic E-state index is -4.58. The number of rotatable bonds is 4. The number of halogens is 3. The van der Waals surface area contributed by atoms with E-state index in [1.165, 1.54) is 0 Å². The molecule has 0 aliphatic rings. The number of nitrogens with zero attached hydrogens (tertiary/aromatic N) is 3. The topological polar surface area (TPSA) is 59.8 Å². The Bertz CT molecular complexity index is 842. The standard InChI is InChI=1S/C15H11F3N4OS/c16-15(17,18)13-20-21-14(24-13)19-12(23)11-7-4-8-22(11)9-10-5-2-1-3-6-10/h1-8H,9H2,(H,19,21,23). The highest BCUT2D eigenvalue weighted by Gasteiger charge is 2.35. The van der Waals surface area contributed by atoms with E-state index in [9.17, 15) is 18.0 Å². The first-order valence-electron chi connectivity index (χ1n) is 6.84. The summed E-state index contributed by atoms with van der Waals surface area (Å²) in [5.74, 6) is -0.541. The van der Waals surface area contributed by atoms with E-state index in [4.69, 9.17) is 0 Å². The van der Waals surface area contributed by atoms with Crippen molar-refractivity contribution in [3.8, 4) is 0 Å². The molecular formula is C15H11F3N4OS. The van der Waals surface area contributed by atoms with Gasteiger partial charge in [-0.1, -0.05) is 41.7 Å². The van der Waals surface area contributed by atoms with Gasteiger partial charge in [0, 0.05) is 12.7 Å². The summed E-state index contributed by atoms with van der Waals surface area (Å²) in [6.45, 7) is 0.473. The summed E-state index contributed by atoms with van der Waals surface area (Å²) in [5, 5.41) is 7.44. The summed E-state index contributed by atoms with van der Waals surface area (Å²) >= 11 is 0.287. The van der Waals surface area contributed by atoms with Gasteiger partial charge in [0.1, 0.15) is 5.69 Å². The van der Waals surface area contributed by atoms with Gasteiger partial charge in [0.2, 0.25) is 10.1 Å². The second kappa shape index (κ2) is 6.44. The van der Waals surface area contributed by atoms with Gasteiger partial charge in [0.25, 0.3) is 5.91 Å². The molecule has 0 radical (unpaired) electrons. The summed E-state index contributed by atoms with van der Waals surface area (Å²) in [5.41, 5.74) is 1.32. The van der Waals surface area contributed by atoms with Gasteiger partial charge in [-0.15, -0.1) is 10.2 Å². The molecule has 0 saturated heterocycles. The molecule has 124 valence electrons. The molecule has 1 N–H and O–H groups in total. The first kappa shape index (κ1) is 16.2.